The van der Waals surface area contributed by atoms with E-state index in [4.69, 9.17) is 25.8 Å². The quantitative estimate of drug-likeness (QED) is 0.208. The molecule has 1 atom stereocenters. The zero-order valence-corrected chi connectivity index (χ0v) is 27.6. The zero-order chi connectivity index (χ0) is 32.6. The molecule has 0 radical (unpaired) electrons. The zero-order valence-electron chi connectivity index (χ0n) is 26.8. The standard InChI is InChI=1S/C35H43ClN6O5/c1-45-32-6-3-2-5-25(32)23-46-15-4-16-47-35-39-18-29(19-40-35)42-31(20-37-21-33(42)43)34(44)41(28-10-11-28)22-26-17-24(7-12-30(26)36)13-14-38-27-8-9-27/h2-3,5-7,12,17-19,27-28,31,37-38H,4,8-11,13-16,20-23H2,1H3/t31-/m1/s1. The van der Waals surface area contributed by atoms with Crippen LogP contribution in [0.3, 0.4) is 0 Å². The van der Waals surface area contributed by atoms with Gasteiger partial charge in [-0.15, -0.1) is 0 Å². The molecule has 0 bridgehead atoms. The normalized spacial score (nSPS) is 17.9. The van der Waals surface area contributed by atoms with Crippen molar-refractivity contribution in [3.05, 3.63) is 76.6 Å². The van der Waals surface area contributed by atoms with Crippen LogP contribution in [0.1, 0.15) is 48.8 Å². The number of nitrogens with one attached hydrogen (secondary N) is 2. The summed E-state index contributed by atoms with van der Waals surface area (Å²) in [6.07, 6.45) is 9.02. The number of hydrogen-bond donors (Lipinski definition) is 2. The smallest absolute Gasteiger partial charge is 0.316 e. The van der Waals surface area contributed by atoms with Gasteiger partial charge < -0.3 is 29.7 Å². The number of aromatic nitrogens is 2. The van der Waals surface area contributed by atoms with Crippen LogP contribution >= 0.6 is 11.6 Å². The average molecular weight is 663 g/mol. The molecule has 0 unspecified atom stereocenters. The van der Waals surface area contributed by atoms with Crippen LogP contribution in [-0.2, 0) is 33.9 Å². The van der Waals surface area contributed by atoms with Gasteiger partial charge in [-0.25, -0.2) is 9.97 Å². The Labute approximate surface area is 280 Å². The second kappa shape index (κ2) is 15.9. The number of amides is 2. The molecule has 2 aliphatic carbocycles. The third-order valence-corrected chi connectivity index (χ3v) is 9.00. The van der Waals surface area contributed by atoms with Crippen LogP contribution in [0, 0.1) is 0 Å². The molecule has 3 aliphatic rings. The second-order valence-corrected chi connectivity index (χ2v) is 12.7. The van der Waals surface area contributed by atoms with Gasteiger partial charge in [0.1, 0.15) is 11.8 Å². The first-order valence-corrected chi connectivity index (χ1v) is 16.9. The lowest BCUT2D eigenvalue weighted by Gasteiger charge is -2.38. The number of carbonyl (C=O) groups excluding carboxylic acids is 2. The van der Waals surface area contributed by atoms with E-state index in [-0.39, 0.29) is 30.4 Å². The molecule has 0 spiro atoms. The van der Waals surface area contributed by atoms with E-state index in [2.05, 4.69) is 32.7 Å². The van der Waals surface area contributed by atoms with Gasteiger partial charge >= 0.3 is 6.01 Å². The molecular formula is C35H43ClN6O5. The highest BCUT2D eigenvalue weighted by Crippen LogP contribution is 2.32. The van der Waals surface area contributed by atoms with Crippen molar-refractivity contribution in [3.63, 3.8) is 0 Å². The summed E-state index contributed by atoms with van der Waals surface area (Å²) in [5, 5.41) is 7.31. The molecule has 2 N–H and O–H groups in total. The van der Waals surface area contributed by atoms with Crippen LogP contribution in [0.2, 0.25) is 5.02 Å². The number of piperazine rings is 1. The fraction of sp³-hybridized carbons (Fsp3) is 0.486. The molecule has 2 heterocycles. The van der Waals surface area contributed by atoms with E-state index in [0.717, 1.165) is 42.7 Å². The predicted octanol–water partition coefficient (Wildman–Crippen LogP) is 3.91. The summed E-state index contributed by atoms with van der Waals surface area (Å²) in [4.78, 5) is 39.4. The van der Waals surface area contributed by atoms with Gasteiger partial charge in [0.2, 0.25) is 11.8 Å². The summed E-state index contributed by atoms with van der Waals surface area (Å²) >= 11 is 6.64. The van der Waals surface area contributed by atoms with Gasteiger partial charge in [0.15, 0.2) is 0 Å². The number of hydrogen-bond acceptors (Lipinski definition) is 9. The summed E-state index contributed by atoms with van der Waals surface area (Å²) in [5.41, 5.74) is 3.56. The third-order valence-electron chi connectivity index (χ3n) is 8.63. The maximum atomic E-state index is 14.1. The largest absolute Gasteiger partial charge is 0.496 e. The van der Waals surface area contributed by atoms with E-state index in [1.165, 1.54) is 23.3 Å². The minimum Gasteiger partial charge on any atom is -0.496 e. The number of anilines is 1. The van der Waals surface area contributed by atoms with Crippen LogP contribution < -0.4 is 25.0 Å². The van der Waals surface area contributed by atoms with Crippen molar-refractivity contribution in [3.8, 4) is 11.8 Å². The van der Waals surface area contributed by atoms with Crippen LogP contribution in [0.4, 0.5) is 5.69 Å². The maximum Gasteiger partial charge on any atom is 0.316 e. The lowest BCUT2D eigenvalue weighted by atomic mass is 10.1. The number of carbonyl (C=O) groups is 2. The van der Waals surface area contributed by atoms with Gasteiger partial charge in [-0.1, -0.05) is 41.9 Å². The van der Waals surface area contributed by atoms with Crippen molar-refractivity contribution in [2.45, 2.75) is 69.8 Å². The lowest BCUT2D eigenvalue weighted by Crippen LogP contribution is -2.61. The third kappa shape index (κ3) is 8.98. The molecule has 2 amide bonds. The monoisotopic (exact) mass is 662 g/mol. The number of methoxy groups -OCH3 is 1. The van der Waals surface area contributed by atoms with Crippen molar-refractivity contribution in [1.82, 2.24) is 25.5 Å². The number of benzene rings is 2. The average Bonchev–Trinajstić information content (AvgIpc) is 4.03. The Hall–Kier alpha value is -3.77. The Morgan fingerprint density at radius 2 is 1.89 bits per heavy atom. The van der Waals surface area contributed by atoms with Crippen LogP contribution in [0.15, 0.2) is 54.9 Å². The fourth-order valence-electron chi connectivity index (χ4n) is 5.79. The van der Waals surface area contributed by atoms with Crippen LogP contribution in [0.5, 0.6) is 11.8 Å². The highest BCUT2D eigenvalue weighted by molar-refractivity contribution is 6.31. The summed E-state index contributed by atoms with van der Waals surface area (Å²) < 4.78 is 16.8. The first-order chi connectivity index (χ1) is 23.0. The Morgan fingerprint density at radius 3 is 2.66 bits per heavy atom. The molecule has 250 valence electrons. The van der Waals surface area contributed by atoms with E-state index >= 15 is 0 Å². The minimum absolute atomic E-state index is 0.113. The molecule has 1 aromatic heterocycles. The Morgan fingerprint density at radius 1 is 1.09 bits per heavy atom. The molecule has 2 aromatic carbocycles. The molecule has 1 saturated heterocycles. The number of halogens is 1. The van der Waals surface area contributed by atoms with E-state index in [9.17, 15) is 9.59 Å². The number of rotatable bonds is 17. The van der Waals surface area contributed by atoms with Gasteiger partial charge in [0.05, 0.1) is 51.6 Å². The molecule has 3 fully saturated rings. The second-order valence-electron chi connectivity index (χ2n) is 12.3. The molecule has 6 rings (SSSR count). The van der Waals surface area contributed by atoms with Crippen molar-refractivity contribution >= 4 is 29.1 Å². The van der Waals surface area contributed by atoms with E-state index in [1.807, 2.05) is 35.2 Å². The topological polar surface area (TPSA) is 118 Å². The molecule has 11 nitrogen and oxygen atoms in total. The summed E-state index contributed by atoms with van der Waals surface area (Å²) in [6, 6.07) is 14.1. The van der Waals surface area contributed by atoms with E-state index in [1.54, 1.807) is 19.5 Å². The van der Waals surface area contributed by atoms with Crippen molar-refractivity contribution in [2.75, 3.05) is 44.9 Å². The Bertz CT molecular complexity index is 1520. The van der Waals surface area contributed by atoms with Gasteiger partial charge in [0.25, 0.3) is 0 Å². The lowest BCUT2D eigenvalue weighted by molar-refractivity contribution is -0.136. The molecular weight excluding hydrogens is 620 g/mol. The minimum atomic E-state index is -0.725. The first-order valence-electron chi connectivity index (χ1n) is 16.5. The fourth-order valence-corrected chi connectivity index (χ4v) is 5.96. The van der Waals surface area contributed by atoms with Crippen LogP contribution in [-0.4, -0.2) is 84.8 Å². The van der Waals surface area contributed by atoms with Crippen molar-refractivity contribution in [2.24, 2.45) is 0 Å². The highest BCUT2D eigenvalue weighted by Gasteiger charge is 2.41. The molecule has 47 heavy (non-hydrogen) atoms. The predicted molar refractivity (Wildman–Crippen MR) is 179 cm³/mol. The maximum absolute atomic E-state index is 14.1. The van der Waals surface area contributed by atoms with Gasteiger partial charge in [-0.3, -0.25) is 14.5 Å². The first kappa shape index (κ1) is 33.1. The van der Waals surface area contributed by atoms with Crippen molar-refractivity contribution < 1.29 is 23.8 Å². The Balaban J connectivity index is 1.04. The number of nitrogens with zero attached hydrogens (tertiary/aromatic N) is 4. The molecule has 2 saturated carbocycles. The SMILES string of the molecule is COc1ccccc1COCCCOc1ncc(N2C(=O)CNC[C@@H]2C(=O)N(Cc2cc(CCNC3CC3)ccc2Cl)C2CC2)cn1. The number of ether oxygens (including phenoxy) is 3. The van der Waals surface area contributed by atoms with Gasteiger partial charge in [0, 0.05) is 42.2 Å². The number of para-hydroxylation sites is 1. The summed E-state index contributed by atoms with van der Waals surface area (Å²) in [5.74, 6) is 0.475. The van der Waals surface area contributed by atoms with Crippen LogP contribution in [0.25, 0.3) is 0 Å². The molecule has 1 aliphatic heterocycles. The van der Waals surface area contributed by atoms with Crippen molar-refractivity contribution in [1.29, 1.82) is 0 Å². The molecule has 3 aromatic rings. The highest BCUT2D eigenvalue weighted by atomic mass is 35.5. The van der Waals surface area contributed by atoms with Gasteiger partial charge in [-0.2, -0.15) is 0 Å². The van der Waals surface area contributed by atoms with E-state index in [0.29, 0.717) is 56.1 Å². The summed E-state index contributed by atoms with van der Waals surface area (Å²) in [6.45, 7) is 3.10. The summed E-state index contributed by atoms with van der Waals surface area (Å²) in [7, 11) is 1.64. The molecule has 12 heteroatoms. The van der Waals surface area contributed by atoms with Gasteiger partial charge in [-0.05, 0) is 61.9 Å². The van der Waals surface area contributed by atoms with E-state index < -0.39 is 6.04 Å². The Kier molecular flexibility index (Phi) is 11.2.